The first-order chi connectivity index (χ1) is 12.4. The fourth-order valence-electron chi connectivity index (χ4n) is 3.13. The number of fused-ring (bicyclic) bond motifs is 1. The zero-order chi connectivity index (χ0) is 18.8. The van der Waals surface area contributed by atoms with Crippen LogP contribution in [0.4, 0.5) is 5.69 Å². The molecule has 2 heterocycles. The number of carbonyl (C=O) groups excluding carboxylic acids is 3. The first-order valence-electron chi connectivity index (χ1n) is 8.40. The van der Waals surface area contributed by atoms with Gasteiger partial charge in [0.2, 0.25) is 0 Å². The summed E-state index contributed by atoms with van der Waals surface area (Å²) in [5.41, 5.74) is 3.07. The number of hydrogen-bond acceptors (Lipinski definition) is 4. The van der Waals surface area contributed by atoms with E-state index in [2.05, 4.69) is 15.7 Å². The average Bonchev–Trinajstić information content (AvgIpc) is 3.08. The number of likely N-dealkylation sites (N-methyl/N-ethyl adjacent to an activating group) is 1. The van der Waals surface area contributed by atoms with Crippen molar-refractivity contribution in [3.63, 3.8) is 0 Å². The minimum Gasteiger partial charge on any atom is -0.344 e. The van der Waals surface area contributed by atoms with Gasteiger partial charge in [-0.1, -0.05) is 18.2 Å². The van der Waals surface area contributed by atoms with Gasteiger partial charge in [0.05, 0.1) is 5.69 Å². The van der Waals surface area contributed by atoms with Gasteiger partial charge in [-0.25, -0.2) is 0 Å². The van der Waals surface area contributed by atoms with E-state index in [0.717, 1.165) is 16.9 Å². The van der Waals surface area contributed by atoms with E-state index < -0.39 is 17.9 Å². The van der Waals surface area contributed by atoms with Crippen molar-refractivity contribution in [3.05, 3.63) is 47.3 Å². The van der Waals surface area contributed by atoms with Gasteiger partial charge < -0.3 is 15.5 Å². The standard InChI is InChI=1S/C18H21N5O3/c1-4-23-14-8-6-5-7-13(14)15(18(23)26)20-17(25)16(24)19-9-12-10-22(3)21-11(12)2/h5-8,10,15H,4,9H2,1-3H3,(H,19,24)(H,20,25). The molecule has 3 rings (SSSR count). The zero-order valence-electron chi connectivity index (χ0n) is 14.9. The number of rotatable bonds is 4. The van der Waals surface area contributed by atoms with Gasteiger partial charge in [0, 0.05) is 43.1 Å². The van der Waals surface area contributed by atoms with Crippen molar-refractivity contribution >= 4 is 23.4 Å². The molecule has 1 atom stereocenters. The number of benzene rings is 1. The number of amides is 3. The second-order valence-electron chi connectivity index (χ2n) is 6.14. The minimum absolute atomic E-state index is 0.197. The van der Waals surface area contributed by atoms with Crippen LogP contribution in [0.1, 0.15) is 29.8 Å². The molecule has 26 heavy (non-hydrogen) atoms. The quantitative estimate of drug-likeness (QED) is 0.784. The molecule has 8 heteroatoms. The molecule has 1 aliphatic heterocycles. The van der Waals surface area contributed by atoms with Crippen LogP contribution in [0.3, 0.4) is 0 Å². The lowest BCUT2D eigenvalue weighted by molar-refractivity contribution is -0.140. The molecular formula is C18H21N5O3. The Morgan fingerprint density at radius 2 is 1.96 bits per heavy atom. The van der Waals surface area contributed by atoms with E-state index in [1.807, 2.05) is 26.0 Å². The third kappa shape index (κ3) is 3.17. The Labute approximate surface area is 151 Å². The molecule has 0 spiro atoms. The van der Waals surface area contributed by atoms with E-state index in [4.69, 9.17) is 0 Å². The normalized spacial score (nSPS) is 15.7. The van der Waals surface area contributed by atoms with E-state index in [9.17, 15) is 14.4 Å². The Hall–Kier alpha value is -3.16. The second-order valence-corrected chi connectivity index (χ2v) is 6.14. The van der Waals surface area contributed by atoms with Gasteiger partial charge in [-0.2, -0.15) is 5.10 Å². The van der Waals surface area contributed by atoms with Crippen LogP contribution in [0, 0.1) is 6.92 Å². The maximum absolute atomic E-state index is 12.5. The van der Waals surface area contributed by atoms with Crippen LogP contribution in [0.2, 0.25) is 0 Å². The molecular weight excluding hydrogens is 334 g/mol. The van der Waals surface area contributed by atoms with Crippen molar-refractivity contribution in [1.29, 1.82) is 0 Å². The number of hydrogen-bond donors (Lipinski definition) is 2. The topological polar surface area (TPSA) is 96.3 Å². The number of para-hydroxylation sites is 1. The minimum atomic E-state index is -0.843. The number of nitrogens with one attached hydrogen (secondary N) is 2. The third-order valence-electron chi connectivity index (χ3n) is 4.40. The fourth-order valence-corrected chi connectivity index (χ4v) is 3.13. The van der Waals surface area contributed by atoms with Gasteiger partial charge in [-0.3, -0.25) is 19.1 Å². The number of carbonyl (C=O) groups is 3. The highest BCUT2D eigenvalue weighted by Gasteiger charge is 2.38. The monoisotopic (exact) mass is 355 g/mol. The van der Waals surface area contributed by atoms with E-state index >= 15 is 0 Å². The molecule has 0 saturated heterocycles. The van der Waals surface area contributed by atoms with Crippen molar-refractivity contribution in [2.45, 2.75) is 26.4 Å². The Kier molecular flexibility index (Phi) is 4.75. The molecule has 1 aliphatic rings. The summed E-state index contributed by atoms with van der Waals surface area (Å²) in [6.45, 7) is 4.38. The molecule has 0 aliphatic carbocycles. The highest BCUT2D eigenvalue weighted by Crippen LogP contribution is 2.35. The van der Waals surface area contributed by atoms with Crippen molar-refractivity contribution in [2.24, 2.45) is 7.05 Å². The first kappa shape index (κ1) is 17.7. The van der Waals surface area contributed by atoms with Gasteiger partial charge in [0.15, 0.2) is 0 Å². The Balaban J connectivity index is 1.67. The maximum atomic E-state index is 12.5. The molecule has 1 aromatic carbocycles. The fraction of sp³-hybridized carbons (Fsp3) is 0.333. The summed E-state index contributed by atoms with van der Waals surface area (Å²) in [6.07, 6.45) is 1.78. The molecule has 2 N–H and O–H groups in total. The lowest BCUT2D eigenvalue weighted by atomic mass is 10.1. The number of nitrogens with zero attached hydrogens (tertiary/aromatic N) is 3. The van der Waals surface area contributed by atoms with E-state index in [0.29, 0.717) is 12.1 Å². The molecule has 1 unspecified atom stereocenters. The van der Waals surface area contributed by atoms with Crippen LogP contribution in [-0.4, -0.2) is 34.0 Å². The predicted molar refractivity (Wildman–Crippen MR) is 95.1 cm³/mol. The summed E-state index contributed by atoms with van der Waals surface area (Å²) in [5.74, 6) is -1.86. The summed E-state index contributed by atoms with van der Waals surface area (Å²) in [5, 5.41) is 9.29. The molecule has 3 amide bonds. The van der Waals surface area contributed by atoms with Crippen LogP contribution >= 0.6 is 0 Å². The number of aryl methyl sites for hydroxylation is 2. The van der Waals surface area contributed by atoms with Crippen LogP contribution in [0.25, 0.3) is 0 Å². The molecule has 0 fully saturated rings. The van der Waals surface area contributed by atoms with Gasteiger partial charge in [-0.15, -0.1) is 0 Å². The van der Waals surface area contributed by atoms with Crippen molar-refractivity contribution in [2.75, 3.05) is 11.4 Å². The number of anilines is 1. The smallest absolute Gasteiger partial charge is 0.310 e. The van der Waals surface area contributed by atoms with Crippen molar-refractivity contribution in [1.82, 2.24) is 20.4 Å². The molecule has 0 bridgehead atoms. The Morgan fingerprint density at radius 1 is 1.23 bits per heavy atom. The van der Waals surface area contributed by atoms with Gasteiger partial charge in [0.1, 0.15) is 6.04 Å². The van der Waals surface area contributed by atoms with Crippen LogP contribution in [-0.2, 0) is 28.0 Å². The predicted octanol–water partition coefficient (Wildman–Crippen LogP) is 0.569. The largest absolute Gasteiger partial charge is 0.344 e. The molecule has 0 radical (unpaired) electrons. The van der Waals surface area contributed by atoms with Crippen molar-refractivity contribution < 1.29 is 14.4 Å². The summed E-state index contributed by atoms with van der Waals surface area (Å²) in [6, 6.07) is 6.40. The van der Waals surface area contributed by atoms with Gasteiger partial charge in [-0.05, 0) is 19.9 Å². The molecule has 136 valence electrons. The molecule has 0 saturated carbocycles. The van der Waals surface area contributed by atoms with E-state index in [-0.39, 0.29) is 12.5 Å². The van der Waals surface area contributed by atoms with Crippen molar-refractivity contribution in [3.8, 4) is 0 Å². The SMILES string of the molecule is CCN1C(=O)C(NC(=O)C(=O)NCc2cn(C)nc2C)c2ccccc21. The van der Waals surface area contributed by atoms with E-state index in [1.54, 1.807) is 35.0 Å². The number of aromatic nitrogens is 2. The van der Waals surface area contributed by atoms with Crippen LogP contribution in [0.15, 0.2) is 30.5 Å². The lowest BCUT2D eigenvalue weighted by Crippen LogP contribution is -2.44. The summed E-state index contributed by atoms with van der Waals surface area (Å²) >= 11 is 0. The van der Waals surface area contributed by atoms with Crippen LogP contribution < -0.4 is 15.5 Å². The van der Waals surface area contributed by atoms with Crippen LogP contribution in [0.5, 0.6) is 0 Å². The highest BCUT2D eigenvalue weighted by atomic mass is 16.2. The van der Waals surface area contributed by atoms with E-state index in [1.165, 1.54) is 0 Å². The molecule has 8 nitrogen and oxygen atoms in total. The molecule has 1 aromatic heterocycles. The van der Waals surface area contributed by atoms with Gasteiger partial charge in [0.25, 0.3) is 5.91 Å². The third-order valence-corrected chi connectivity index (χ3v) is 4.40. The Bertz CT molecular complexity index is 873. The summed E-state index contributed by atoms with van der Waals surface area (Å²) in [7, 11) is 1.79. The molecule has 2 aromatic rings. The second kappa shape index (κ2) is 6.99. The highest BCUT2D eigenvalue weighted by molar-refractivity contribution is 6.35. The lowest BCUT2D eigenvalue weighted by Gasteiger charge is -2.15. The summed E-state index contributed by atoms with van der Waals surface area (Å²) < 4.78 is 1.64. The zero-order valence-corrected chi connectivity index (χ0v) is 14.9. The summed E-state index contributed by atoms with van der Waals surface area (Å²) in [4.78, 5) is 38.5. The Morgan fingerprint density at radius 3 is 2.62 bits per heavy atom. The maximum Gasteiger partial charge on any atom is 0.310 e. The average molecular weight is 355 g/mol. The first-order valence-corrected chi connectivity index (χ1v) is 8.40. The van der Waals surface area contributed by atoms with Gasteiger partial charge >= 0.3 is 11.8 Å².